The highest BCUT2D eigenvalue weighted by atomic mass is 16.6. The number of nitrogens with zero attached hydrogens (tertiary/aromatic N) is 1. The molecule has 7 nitrogen and oxygen atoms in total. The Balaban J connectivity index is 1.50. The molecule has 172 valence electrons. The Morgan fingerprint density at radius 1 is 1.00 bits per heavy atom. The maximum atomic E-state index is 11.4. The Labute approximate surface area is 193 Å². The molecule has 0 aliphatic rings. The standard InChI is InChI=1S/C26H28N2O5/c1-3-31-26(29)16-12-20-11-15-25(27-17-20)33-18-21-9-13-23(14-10-21)32-19-24(28-30-2)22-7-5-4-6-8-22/h4-11,13-15,17,19,28H,3,12,16,18H2,1-2H3. The number of carbonyl (C=O) groups excluding carboxylic acids is 1. The number of benzene rings is 2. The van der Waals surface area contributed by atoms with Crippen LogP contribution in [-0.2, 0) is 27.4 Å². The number of esters is 1. The lowest BCUT2D eigenvalue weighted by atomic mass is 10.1. The number of pyridine rings is 1. The van der Waals surface area contributed by atoms with E-state index >= 15 is 0 Å². The summed E-state index contributed by atoms with van der Waals surface area (Å²) in [5.41, 5.74) is 6.43. The van der Waals surface area contributed by atoms with Gasteiger partial charge in [0.05, 0.1) is 13.7 Å². The van der Waals surface area contributed by atoms with E-state index in [0.717, 1.165) is 16.7 Å². The van der Waals surface area contributed by atoms with Crippen LogP contribution in [0.2, 0.25) is 0 Å². The van der Waals surface area contributed by atoms with Crippen LogP contribution in [0.25, 0.3) is 5.70 Å². The second-order valence-corrected chi connectivity index (χ2v) is 7.06. The largest absolute Gasteiger partial charge is 0.473 e. The van der Waals surface area contributed by atoms with Crippen LogP contribution >= 0.6 is 0 Å². The van der Waals surface area contributed by atoms with E-state index in [4.69, 9.17) is 19.0 Å². The maximum Gasteiger partial charge on any atom is 0.306 e. The van der Waals surface area contributed by atoms with Gasteiger partial charge in [-0.3, -0.25) is 15.1 Å². The minimum atomic E-state index is -0.202. The van der Waals surface area contributed by atoms with Crippen LogP contribution < -0.4 is 15.0 Å². The zero-order valence-corrected chi connectivity index (χ0v) is 18.8. The minimum Gasteiger partial charge on any atom is -0.473 e. The molecule has 0 bridgehead atoms. The summed E-state index contributed by atoms with van der Waals surface area (Å²) < 4.78 is 16.5. The Morgan fingerprint density at radius 2 is 1.76 bits per heavy atom. The number of hydrogen-bond donors (Lipinski definition) is 1. The molecule has 0 saturated carbocycles. The lowest BCUT2D eigenvalue weighted by Gasteiger charge is -2.10. The van der Waals surface area contributed by atoms with Gasteiger partial charge in [-0.25, -0.2) is 4.98 Å². The third kappa shape index (κ3) is 7.97. The van der Waals surface area contributed by atoms with Crippen LogP contribution in [0.5, 0.6) is 11.6 Å². The van der Waals surface area contributed by atoms with Gasteiger partial charge in [0, 0.05) is 24.2 Å². The molecule has 1 N–H and O–H groups in total. The van der Waals surface area contributed by atoms with Crippen molar-refractivity contribution < 1.29 is 23.8 Å². The quantitative estimate of drug-likeness (QED) is 0.245. The second-order valence-electron chi connectivity index (χ2n) is 7.06. The molecular formula is C26H28N2O5. The molecule has 7 heteroatoms. The molecular weight excluding hydrogens is 420 g/mol. The molecule has 0 aliphatic heterocycles. The van der Waals surface area contributed by atoms with E-state index in [1.165, 1.54) is 0 Å². The fraction of sp³-hybridized carbons (Fsp3) is 0.231. The number of hydrogen-bond acceptors (Lipinski definition) is 7. The average molecular weight is 449 g/mol. The zero-order chi connectivity index (χ0) is 23.3. The van der Waals surface area contributed by atoms with Gasteiger partial charge in [-0.1, -0.05) is 48.5 Å². The SMILES string of the molecule is CCOC(=O)CCc1ccc(OCc2ccc(OC=C(NOC)c3ccccc3)cc2)nc1. The van der Waals surface area contributed by atoms with Gasteiger partial charge in [0.25, 0.3) is 0 Å². The molecule has 0 amide bonds. The highest BCUT2D eigenvalue weighted by Gasteiger charge is 2.05. The van der Waals surface area contributed by atoms with Gasteiger partial charge in [-0.2, -0.15) is 0 Å². The molecule has 2 aromatic carbocycles. The first kappa shape index (κ1) is 23.8. The second kappa shape index (κ2) is 12.9. The Morgan fingerprint density at radius 3 is 2.42 bits per heavy atom. The normalized spacial score (nSPS) is 11.0. The first-order chi connectivity index (χ1) is 16.2. The van der Waals surface area contributed by atoms with Crippen LogP contribution in [0.1, 0.15) is 30.0 Å². The summed E-state index contributed by atoms with van der Waals surface area (Å²) in [6.45, 7) is 2.57. The third-order valence-electron chi connectivity index (χ3n) is 4.64. The van der Waals surface area contributed by atoms with E-state index in [1.807, 2.05) is 60.7 Å². The van der Waals surface area contributed by atoms with Gasteiger partial charge in [0.2, 0.25) is 5.88 Å². The number of hydroxylamine groups is 1. The van der Waals surface area contributed by atoms with Crippen molar-refractivity contribution in [2.75, 3.05) is 13.7 Å². The molecule has 1 heterocycles. The van der Waals surface area contributed by atoms with Gasteiger partial charge in [0.1, 0.15) is 24.3 Å². The maximum absolute atomic E-state index is 11.4. The van der Waals surface area contributed by atoms with E-state index in [2.05, 4.69) is 10.5 Å². The molecule has 0 unspecified atom stereocenters. The molecule has 0 spiro atoms. The van der Waals surface area contributed by atoms with Gasteiger partial charge in [-0.15, -0.1) is 0 Å². The lowest BCUT2D eigenvalue weighted by molar-refractivity contribution is -0.143. The summed E-state index contributed by atoms with van der Waals surface area (Å²) in [5, 5.41) is 0. The predicted molar refractivity (Wildman–Crippen MR) is 125 cm³/mol. The van der Waals surface area contributed by atoms with E-state index in [9.17, 15) is 4.79 Å². The van der Waals surface area contributed by atoms with Gasteiger partial charge >= 0.3 is 5.97 Å². The monoisotopic (exact) mass is 448 g/mol. The summed E-state index contributed by atoms with van der Waals surface area (Å²) in [7, 11) is 1.55. The number of rotatable bonds is 12. The van der Waals surface area contributed by atoms with Crippen molar-refractivity contribution in [2.24, 2.45) is 0 Å². The highest BCUT2D eigenvalue weighted by molar-refractivity contribution is 5.69. The van der Waals surface area contributed by atoms with Crippen molar-refractivity contribution in [3.63, 3.8) is 0 Å². The smallest absolute Gasteiger partial charge is 0.306 e. The van der Waals surface area contributed by atoms with Crippen molar-refractivity contribution in [2.45, 2.75) is 26.4 Å². The summed E-state index contributed by atoms with van der Waals surface area (Å²) in [6.07, 6.45) is 4.26. The van der Waals surface area contributed by atoms with Crippen LogP contribution in [0.3, 0.4) is 0 Å². The number of aryl methyl sites for hydroxylation is 1. The summed E-state index contributed by atoms with van der Waals surface area (Å²) >= 11 is 0. The molecule has 3 aromatic rings. The number of ether oxygens (including phenoxy) is 3. The summed E-state index contributed by atoms with van der Waals surface area (Å²) in [5.74, 6) is 1.01. The Hall–Kier alpha value is -3.84. The van der Waals surface area contributed by atoms with Crippen molar-refractivity contribution in [3.05, 3.63) is 95.9 Å². The lowest BCUT2D eigenvalue weighted by Crippen LogP contribution is -2.11. The van der Waals surface area contributed by atoms with E-state index in [0.29, 0.717) is 43.4 Å². The number of carbonyl (C=O) groups is 1. The molecule has 0 saturated heterocycles. The number of nitrogens with one attached hydrogen (secondary N) is 1. The van der Waals surface area contributed by atoms with Gasteiger partial charge in [-0.05, 0) is 36.6 Å². The fourth-order valence-electron chi connectivity index (χ4n) is 2.95. The number of aromatic nitrogens is 1. The molecule has 0 aliphatic carbocycles. The van der Waals surface area contributed by atoms with Crippen molar-refractivity contribution in [1.29, 1.82) is 0 Å². The Bertz CT molecular complexity index is 1020. The van der Waals surface area contributed by atoms with Crippen molar-refractivity contribution in [3.8, 4) is 11.6 Å². The fourth-order valence-corrected chi connectivity index (χ4v) is 2.95. The highest BCUT2D eigenvalue weighted by Crippen LogP contribution is 2.17. The van der Waals surface area contributed by atoms with Crippen molar-refractivity contribution in [1.82, 2.24) is 10.5 Å². The van der Waals surface area contributed by atoms with Crippen LogP contribution in [0.15, 0.2) is 79.2 Å². The minimum absolute atomic E-state index is 0.202. The summed E-state index contributed by atoms with van der Waals surface area (Å²) in [6, 6.07) is 21.1. The van der Waals surface area contributed by atoms with Crippen LogP contribution in [-0.4, -0.2) is 24.7 Å². The average Bonchev–Trinajstić information content (AvgIpc) is 2.86. The third-order valence-corrected chi connectivity index (χ3v) is 4.64. The summed E-state index contributed by atoms with van der Waals surface area (Å²) in [4.78, 5) is 20.8. The first-order valence-electron chi connectivity index (χ1n) is 10.7. The molecule has 0 fully saturated rings. The predicted octanol–water partition coefficient (Wildman–Crippen LogP) is 4.68. The topological polar surface area (TPSA) is 78.9 Å². The zero-order valence-electron chi connectivity index (χ0n) is 18.8. The van der Waals surface area contributed by atoms with Crippen LogP contribution in [0, 0.1) is 0 Å². The van der Waals surface area contributed by atoms with E-state index in [1.54, 1.807) is 32.6 Å². The molecule has 3 rings (SSSR count). The van der Waals surface area contributed by atoms with Gasteiger partial charge < -0.3 is 14.2 Å². The van der Waals surface area contributed by atoms with E-state index in [-0.39, 0.29) is 5.97 Å². The molecule has 1 aromatic heterocycles. The Kier molecular flexibility index (Phi) is 9.29. The molecule has 33 heavy (non-hydrogen) atoms. The first-order valence-corrected chi connectivity index (χ1v) is 10.7. The van der Waals surface area contributed by atoms with Gasteiger partial charge in [0.15, 0.2) is 0 Å². The van der Waals surface area contributed by atoms with Crippen LogP contribution in [0.4, 0.5) is 0 Å². The van der Waals surface area contributed by atoms with E-state index < -0.39 is 0 Å². The van der Waals surface area contributed by atoms with Crippen molar-refractivity contribution >= 4 is 11.7 Å². The molecule has 0 radical (unpaired) electrons. The molecule has 0 atom stereocenters.